The molecule has 0 fully saturated rings. The second-order valence-corrected chi connectivity index (χ2v) is 4.81. The van der Waals surface area contributed by atoms with Crippen LogP contribution >= 0.6 is 0 Å². The third kappa shape index (κ3) is 4.37. The van der Waals surface area contributed by atoms with E-state index in [9.17, 15) is 19.5 Å². The Kier molecular flexibility index (Phi) is 5.03. The second kappa shape index (κ2) is 7.17. The van der Waals surface area contributed by atoms with Crippen LogP contribution in [0, 0.1) is 0 Å². The molecule has 1 heterocycles. The molecular weight excluding hydrogens is 300 g/mol. The number of nitrogens with zero attached hydrogens (tertiary/aromatic N) is 1. The average Bonchev–Trinajstić information content (AvgIpc) is 2.55. The molecule has 0 aliphatic rings. The maximum atomic E-state index is 12.0. The van der Waals surface area contributed by atoms with Gasteiger partial charge in [-0.05, 0) is 29.8 Å². The van der Waals surface area contributed by atoms with E-state index in [1.54, 1.807) is 0 Å². The van der Waals surface area contributed by atoms with Crippen LogP contribution in [-0.2, 0) is 11.2 Å². The molecule has 1 amide bonds. The number of carboxylic acids is 2. The van der Waals surface area contributed by atoms with Crippen molar-refractivity contribution in [2.75, 3.05) is 0 Å². The van der Waals surface area contributed by atoms with Crippen LogP contribution in [0.2, 0.25) is 0 Å². The number of hydrogen-bond acceptors (Lipinski definition) is 4. The lowest BCUT2D eigenvalue weighted by Gasteiger charge is -2.14. The highest BCUT2D eigenvalue weighted by atomic mass is 16.4. The molecule has 23 heavy (non-hydrogen) atoms. The van der Waals surface area contributed by atoms with Crippen molar-refractivity contribution in [2.24, 2.45) is 0 Å². The van der Waals surface area contributed by atoms with E-state index in [2.05, 4.69) is 10.3 Å². The summed E-state index contributed by atoms with van der Waals surface area (Å²) in [6.07, 6.45) is 2.93. The molecule has 3 N–H and O–H groups in total. The molecule has 118 valence electrons. The monoisotopic (exact) mass is 314 g/mol. The maximum absolute atomic E-state index is 12.0. The van der Waals surface area contributed by atoms with Crippen LogP contribution in [0.1, 0.15) is 26.3 Å². The molecule has 2 rings (SSSR count). The van der Waals surface area contributed by atoms with Gasteiger partial charge in [0.1, 0.15) is 6.04 Å². The van der Waals surface area contributed by atoms with Gasteiger partial charge in [0.15, 0.2) is 0 Å². The Morgan fingerprint density at radius 3 is 2.09 bits per heavy atom. The molecule has 0 spiro atoms. The largest absolute Gasteiger partial charge is 0.480 e. The van der Waals surface area contributed by atoms with E-state index in [1.165, 1.54) is 48.8 Å². The van der Waals surface area contributed by atoms with Crippen LogP contribution in [0.5, 0.6) is 0 Å². The van der Waals surface area contributed by atoms with E-state index < -0.39 is 23.9 Å². The van der Waals surface area contributed by atoms with Crippen molar-refractivity contribution >= 4 is 17.8 Å². The normalized spacial score (nSPS) is 11.5. The zero-order valence-electron chi connectivity index (χ0n) is 12.0. The van der Waals surface area contributed by atoms with Gasteiger partial charge in [0.2, 0.25) is 0 Å². The Hall–Kier alpha value is -3.22. The molecule has 0 aliphatic heterocycles. The summed E-state index contributed by atoms with van der Waals surface area (Å²) in [4.78, 5) is 37.9. The number of rotatable bonds is 6. The molecular formula is C16H14N2O5. The zero-order chi connectivity index (χ0) is 16.8. The third-order valence-electron chi connectivity index (χ3n) is 3.19. The summed E-state index contributed by atoms with van der Waals surface area (Å²) in [6, 6.07) is 7.68. The molecule has 7 heteroatoms. The molecule has 1 aromatic heterocycles. The summed E-state index contributed by atoms with van der Waals surface area (Å²) in [5.41, 5.74) is 1.03. The van der Waals surface area contributed by atoms with Gasteiger partial charge in [-0.2, -0.15) is 0 Å². The van der Waals surface area contributed by atoms with Gasteiger partial charge >= 0.3 is 11.9 Å². The second-order valence-electron chi connectivity index (χ2n) is 4.81. The van der Waals surface area contributed by atoms with Crippen LogP contribution < -0.4 is 5.32 Å². The molecule has 0 saturated carbocycles. The summed E-state index contributed by atoms with van der Waals surface area (Å²) in [7, 11) is 0. The van der Waals surface area contributed by atoms with Crippen molar-refractivity contribution in [3.8, 4) is 0 Å². The summed E-state index contributed by atoms with van der Waals surface area (Å²) in [5.74, 6) is -2.74. The molecule has 0 aliphatic carbocycles. The number of carbonyl (C=O) groups excluding carboxylic acids is 1. The maximum Gasteiger partial charge on any atom is 0.335 e. The van der Waals surface area contributed by atoms with Crippen LogP contribution in [0.3, 0.4) is 0 Å². The van der Waals surface area contributed by atoms with E-state index >= 15 is 0 Å². The highest BCUT2D eigenvalue weighted by Gasteiger charge is 2.21. The minimum absolute atomic E-state index is 0.0477. The standard InChI is InChI=1S/C16H14N2O5/c19-14(11-5-7-17-8-6-11)18-13(16(22)23)9-10-1-3-12(4-2-10)15(20)21/h1-8,13H,9H2,(H,18,19)(H,20,21)(H,22,23)/t13-/m0/s1. The highest BCUT2D eigenvalue weighted by molar-refractivity contribution is 5.96. The van der Waals surface area contributed by atoms with Gasteiger partial charge in [-0.3, -0.25) is 9.78 Å². The van der Waals surface area contributed by atoms with Crippen LogP contribution in [-0.4, -0.2) is 39.1 Å². The summed E-state index contributed by atoms with van der Waals surface area (Å²) >= 11 is 0. The Bertz CT molecular complexity index is 713. The van der Waals surface area contributed by atoms with E-state index in [0.717, 1.165) is 0 Å². The Balaban J connectivity index is 2.08. The SMILES string of the molecule is O=C(O)c1ccc(C[C@H](NC(=O)c2ccncc2)C(=O)O)cc1. The molecule has 2 aromatic rings. The topological polar surface area (TPSA) is 117 Å². The van der Waals surface area contributed by atoms with E-state index in [0.29, 0.717) is 11.1 Å². The first-order valence-corrected chi connectivity index (χ1v) is 6.73. The van der Waals surface area contributed by atoms with E-state index in [-0.39, 0.29) is 12.0 Å². The van der Waals surface area contributed by atoms with Crippen molar-refractivity contribution in [2.45, 2.75) is 12.5 Å². The van der Waals surface area contributed by atoms with Gasteiger partial charge in [0.25, 0.3) is 5.91 Å². The molecule has 0 saturated heterocycles. The first kappa shape index (κ1) is 16.2. The first-order chi connectivity index (χ1) is 11.0. The van der Waals surface area contributed by atoms with Gasteiger partial charge in [0.05, 0.1) is 5.56 Å². The molecule has 1 aromatic carbocycles. The zero-order valence-corrected chi connectivity index (χ0v) is 12.0. The minimum Gasteiger partial charge on any atom is -0.480 e. The fourth-order valence-electron chi connectivity index (χ4n) is 1.96. The van der Waals surface area contributed by atoms with E-state index in [4.69, 9.17) is 5.11 Å². The smallest absolute Gasteiger partial charge is 0.335 e. The molecule has 0 bridgehead atoms. The van der Waals surface area contributed by atoms with Crippen molar-refractivity contribution in [1.82, 2.24) is 10.3 Å². The minimum atomic E-state index is -1.17. The number of aliphatic carboxylic acids is 1. The molecule has 7 nitrogen and oxygen atoms in total. The van der Waals surface area contributed by atoms with Gasteiger partial charge in [0, 0.05) is 24.4 Å². The highest BCUT2D eigenvalue weighted by Crippen LogP contribution is 2.08. The number of benzene rings is 1. The first-order valence-electron chi connectivity index (χ1n) is 6.73. The Morgan fingerprint density at radius 1 is 0.957 bits per heavy atom. The lowest BCUT2D eigenvalue weighted by Crippen LogP contribution is -2.42. The predicted molar refractivity (Wildman–Crippen MR) is 80.2 cm³/mol. The number of aromatic carboxylic acids is 1. The number of carbonyl (C=O) groups is 3. The van der Waals surface area contributed by atoms with Gasteiger partial charge in [-0.15, -0.1) is 0 Å². The number of hydrogen-bond donors (Lipinski definition) is 3. The van der Waals surface area contributed by atoms with Gasteiger partial charge < -0.3 is 15.5 Å². The van der Waals surface area contributed by atoms with Crippen LogP contribution in [0.15, 0.2) is 48.8 Å². The van der Waals surface area contributed by atoms with E-state index in [1.807, 2.05) is 0 Å². The van der Waals surface area contributed by atoms with Crippen molar-refractivity contribution in [3.05, 3.63) is 65.5 Å². The summed E-state index contributed by atoms with van der Waals surface area (Å²) < 4.78 is 0. The predicted octanol–water partition coefficient (Wildman–Crippen LogP) is 1.21. The lowest BCUT2D eigenvalue weighted by atomic mass is 10.0. The fraction of sp³-hybridized carbons (Fsp3) is 0.125. The van der Waals surface area contributed by atoms with Crippen LogP contribution in [0.4, 0.5) is 0 Å². The molecule has 1 atom stereocenters. The number of pyridine rings is 1. The van der Waals surface area contributed by atoms with Crippen LogP contribution in [0.25, 0.3) is 0 Å². The number of nitrogens with one attached hydrogen (secondary N) is 1. The Labute approximate surface area is 131 Å². The quantitative estimate of drug-likeness (QED) is 0.738. The van der Waals surface area contributed by atoms with Crippen molar-refractivity contribution in [3.63, 3.8) is 0 Å². The Morgan fingerprint density at radius 2 is 1.57 bits per heavy atom. The molecule has 0 unspecified atom stereocenters. The fourth-order valence-corrected chi connectivity index (χ4v) is 1.96. The summed E-state index contributed by atoms with van der Waals surface area (Å²) in [6.45, 7) is 0. The lowest BCUT2D eigenvalue weighted by molar-refractivity contribution is -0.139. The van der Waals surface area contributed by atoms with Gasteiger partial charge in [-0.25, -0.2) is 9.59 Å². The number of carboxylic acid groups (broad SMARTS) is 2. The van der Waals surface area contributed by atoms with Crippen molar-refractivity contribution < 1.29 is 24.6 Å². The third-order valence-corrected chi connectivity index (χ3v) is 3.19. The number of amides is 1. The van der Waals surface area contributed by atoms with Crippen molar-refractivity contribution in [1.29, 1.82) is 0 Å². The number of aromatic nitrogens is 1. The van der Waals surface area contributed by atoms with Gasteiger partial charge in [-0.1, -0.05) is 12.1 Å². The average molecular weight is 314 g/mol. The molecule has 0 radical (unpaired) electrons. The summed E-state index contributed by atoms with van der Waals surface area (Å²) in [5, 5.41) is 20.5.